The second-order valence-corrected chi connectivity index (χ2v) is 7.08. The predicted octanol–water partition coefficient (Wildman–Crippen LogP) is 5.10. The molecule has 3 aromatic carbocycles. The molecule has 1 unspecified atom stereocenters. The number of carbonyl (C=O) groups is 2. The van der Waals surface area contributed by atoms with Crippen molar-refractivity contribution in [2.24, 2.45) is 0 Å². The number of alkyl halides is 1. The van der Waals surface area contributed by atoms with Crippen LogP contribution in [0.2, 0.25) is 0 Å². The van der Waals surface area contributed by atoms with Crippen molar-refractivity contribution in [1.29, 1.82) is 0 Å². The Morgan fingerprint density at radius 3 is 2.45 bits per heavy atom. The van der Waals surface area contributed by atoms with E-state index in [9.17, 15) is 19.7 Å². The van der Waals surface area contributed by atoms with Gasteiger partial charge in [0, 0.05) is 18.2 Å². The van der Waals surface area contributed by atoms with Gasteiger partial charge in [0.1, 0.15) is 11.5 Å². The van der Waals surface area contributed by atoms with Gasteiger partial charge in [-0.25, -0.2) is 4.79 Å². The molecule has 1 heterocycles. The lowest BCUT2D eigenvalue weighted by molar-refractivity contribution is -0.384. The lowest BCUT2D eigenvalue weighted by atomic mass is 10.1. The summed E-state index contributed by atoms with van der Waals surface area (Å²) >= 11 is 6.18. The van der Waals surface area contributed by atoms with Crippen molar-refractivity contribution in [2.75, 3.05) is 0 Å². The summed E-state index contributed by atoms with van der Waals surface area (Å²) < 4.78 is 11.0. The Balaban J connectivity index is 1.50. The molecular weight excluding hydrogens is 422 g/mol. The SMILES string of the molecule is O=C1/C(=C/c2ccc([N+](=O)[O-])cc2)Oc2cc(OC(=O)C(Cl)c3ccccc3)ccc21. The topological polar surface area (TPSA) is 95.7 Å². The molecule has 1 atom stereocenters. The maximum absolute atomic E-state index is 12.6. The quantitative estimate of drug-likeness (QED) is 0.138. The molecule has 0 fully saturated rings. The van der Waals surface area contributed by atoms with Crippen LogP contribution < -0.4 is 9.47 Å². The number of hydrogen-bond donors (Lipinski definition) is 0. The van der Waals surface area contributed by atoms with E-state index in [0.29, 0.717) is 16.7 Å². The van der Waals surface area contributed by atoms with Crippen molar-refractivity contribution in [3.63, 3.8) is 0 Å². The zero-order chi connectivity index (χ0) is 22.0. The summed E-state index contributed by atoms with van der Waals surface area (Å²) in [6.07, 6.45) is 1.49. The van der Waals surface area contributed by atoms with E-state index in [1.807, 2.05) is 6.07 Å². The standard InChI is InChI=1S/C23H14ClNO6/c24-21(15-4-2-1-3-5-15)23(27)30-17-10-11-18-19(13-17)31-20(22(18)26)12-14-6-8-16(9-7-14)25(28)29/h1-13,21H/b20-12-. The van der Waals surface area contributed by atoms with E-state index in [1.54, 1.807) is 24.3 Å². The van der Waals surface area contributed by atoms with E-state index < -0.39 is 16.3 Å². The molecule has 0 aromatic heterocycles. The number of esters is 1. The van der Waals surface area contributed by atoms with Gasteiger partial charge in [0.05, 0.1) is 10.5 Å². The number of rotatable bonds is 5. The van der Waals surface area contributed by atoms with Gasteiger partial charge in [-0.3, -0.25) is 14.9 Å². The van der Waals surface area contributed by atoms with E-state index in [4.69, 9.17) is 21.1 Å². The number of ether oxygens (including phenoxy) is 2. The van der Waals surface area contributed by atoms with E-state index in [1.165, 1.54) is 48.5 Å². The first kappa shape index (κ1) is 20.3. The Labute approximate surface area is 181 Å². The Bertz CT molecular complexity index is 1200. The highest BCUT2D eigenvalue weighted by Gasteiger charge is 2.28. The summed E-state index contributed by atoms with van der Waals surface area (Å²) in [5, 5.41) is 9.78. The molecular formula is C23H14ClNO6. The maximum atomic E-state index is 12.6. The van der Waals surface area contributed by atoms with Crippen molar-refractivity contribution in [3.8, 4) is 11.5 Å². The maximum Gasteiger partial charge on any atom is 0.334 e. The zero-order valence-electron chi connectivity index (χ0n) is 15.9. The average molecular weight is 436 g/mol. The van der Waals surface area contributed by atoms with Gasteiger partial charge in [0.15, 0.2) is 11.1 Å². The number of nitrogens with zero attached hydrogens (tertiary/aromatic N) is 1. The second-order valence-electron chi connectivity index (χ2n) is 6.64. The minimum Gasteiger partial charge on any atom is -0.452 e. The van der Waals surface area contributed by atoms with Crippen LogP contribution in [0.15, 0.2) is 78.6 Å². The molecule has 4 rings (SSSR count). The molecule has 3 aromatic rings. The lowest BCUT2D eigenvalue weighted by Gasteiger charge is -2.10. The number of allylic oxidation sites excluding steroid dienone is 1. The Hall–Kier alpha value is -3.97. The van der Waals surface area contributed by atoms with Crippen LogP contribution in [0.1, 0.15) is 26.9 Å². The van der Waals surface area contributed by atoms with Crippen LogP contribution >= 0.6 is 11.6 Å². The third-order valence-electron chi connectivity index (χ3n) is 4.56. The fourth-order valence-electron chi connectivity index (χ4n) is 3.00. The van der Waals surface area contributed by atoms with Crippen molar-refractivity contribution < 1.29 is 24.0 Å². The number of ketones is 1. The first-order valence-corrected chi connectivity index (χ1v) is 9.59. The number of nitro benzene ring substituents is 1. The van der Waals surface area contributed by atoms with Crippen molar-refractivity contribution in [3.05, 3.63) is 105 Å². The number of hydrogen-bond acceptors (Lipinski definition) is 6. The van der Waals surface area contributed by atoms with Crippen LogP contribution in [0.4, 0.5) is 5.69 Å². The summed E-state index contributed by atoms with van der Waals surface area (Å²) in [6, 6.07) is 18.9. The number of benzene rings is 3. The molecule has 7 nitrogen and oxygen atoms in total. The molecule has 1 aliphatic heterocycles. The fraction of sp³-hybridized carbons (Fsp3) is 0.0435. The number of fused-ring (bicyclic) bond motifs is 1. The molecule has 0 bridgehead atoms. The highest BCUT2D eigenvalue weighted by molar-refractivity contribution is 6.30. The third kappa shape index (κ3) is 4.31. The fourth-order valence-corrected chi connectivity index (χ4v) is 3.19. The van der Waals surface area contributed by atoms with Gasteiger partial charge >= 0.3 is 5.97 Å². The summed E-state index contributed by atoms with van der Waals surface area (Å²) in [5.74, 6) is -0.500. The van der Waals surface area contributed by atoms with E-state index in [2.05, 4.69) is 0 Å². The highest BCUT2D eigenvalue weighted by atomic mass is 35.5. The van der Waals surface area contributed by atoms with Crippen LogP contribution in [0, 0.1) is 10.1 Å². The molecule has 1 aliphatic rings. The Morgan fingerprint density at radius 1 is 1.06 bits per heavy atom. The molecule has 31 heavy (non-hydrogen) atoms. The van der Waals surface area contributed by atoms with Gasteiger partial charge < -0.3 is 9.47 Å². The van der Waals surface area contributed by atoms with Crippen LogP contribution in [-0.4, -0.2) is 16.7 Å². The summed E-state index contributed by atoms with van der Waals surface area (Å²) in [6.45, 7) is 0. The number of halogens is 1. The number of nitro groups is 1. The molecule has 0 saturated heterocycles. The van der Waals surface area contributed by atoms with Crippen LogP contribution in [0.25, 0.3) is 6.08 Å². The van der Waals surface area contributed by atoms with Crippen LogP contribution in [0.5, 0.6) is 11.5 Å². The number of Topliss-reactive ketones (excluding diaryl/α,β-unsaturated/α-hetero) is 1. The minimum atomic E-state index is -0.977. The average Bonchev–Trinajstić information content (AvgIpc) is 3.08. The predicted molar refractivity (Wildman–Crippen MR) is 113 cm³/mol. The lowest BCUT2D eigenvalue weighted by Crippen LogP contribution is -2.14. The molecule has 0 N–H and O–H groups in total. The summed E-state index contributed by atoms with van der Waals surface area (Å²) in [5.41, 5.74) is 1.44. The molecule has 0 radical (unpaired) electrons. The zero-order valence-corrected chi connectivity index (χ0v) is 16.6. The van der Waals surface area contributed by atoms with Gasteiger partial charge in [0.2, 0.25) is 5.78 Å². The van der Waals surface area contributed by atoms with Gasteiger partial charge in [-0.05, 0) is 41.5 Å². The molecule has 0 saturated carbocycles. The van der Waals surface area contributed by atoms with Crippen molar-refractivity contribution in [2.45, 2.75) is 5.38 Å². The minimum absolute atomic E-state index is 0.0522. The smallest absolute Gasteiger partial charge is 0.334 e. The number of carbonyl (C=O) groups excluding carboxylic acids is 2. The molecule has 154 valence electrons. The third-order valence-corrected chi connectivity index (χ3v) is 4.99. The van der Waals surface area contributed by atoms with Gasteiger partial charge in [-0.2, -0.15) is 0 Å². The van der Waals surface area contributed by atoms with Gasteiger partial charge in [0.25, 0.3) is 5.69 Å². The Morgan fingerprint density at radius 2 is 1.77 bits per heavy atom. The molecule has 8 heteroatoms. The summed E-state index contributed by atoms with van der Waals surface area (Å²) in [7, 11) is 0. The first-order valence-electron chi connectivity index (χ1n) is 9.16. The van der Waals surface area contributed by atoms with Gasteiger partial charge in [-0.15, -0.1) is 11.6 Å². The van der Waals surface area contributed by atoms with Crippen LogP contribution in [-0.2, 0) is 4.79 Å². The largest absolute Gasteiger partial charge is 0.452 e. The number of non-ortho nitro benzene ring substituents is 1. The molecule has 0 amide bonds. The normalized spacial score (nSPS) is 14.6. The Kier molecular flexibility index (Phi) is 5.51. The molecule has 0 spiro atoms. The first-order chi connectivity index (χ1) is 14.9. The van der Waals surface area contributed by atoms with Crippen LogP contribution in [0.3, 0.4) is 0 Å². The van der Waals surface area contributed by atoms with Crippen molar-refractivity contribution >= 4 is 35.1 Å². The van der Waals surface area contributed by atoms with E-state index in [-0.39, 0.29) is 28.7 Å². The van der Waals surface area contributed by atoms with E-state index in [0.717, 1.165) is 0 Å². The van der Waals surface area contributed by atoms with Crippen molar-refractivity contribution in [1.82, 2.24) is 0 Å². The second kappa shape index (κ2) is 8.41. The van der Waals surface area contributed by atoms with Gasteiger partial charge in [-0.1, -0.05) is 30.3 Å². The summed E-state index contributed by atoms with van der Waals surface area (Å²) in [4.78, 5) is 35.2. The van der Waals surface area contributed by atoms with E-state index >= 15 is 0 Å². The molecule has 0 aliphatic carbocycles. The monoisotopic (exact) mass is 435 g/mol. The highest BCUT2D eigenvalue weighted by Crippen LogP contribution is 2.35.